The third-order valence-electron chi connectivity index (χ3n) is 4.45. The molecule has 0 spiro atoms. The second-order valence-electron chi connectivity index (χ2n) is 6.98. The van der Waals surface area contributed by atoms with E-state index in [1.807, 2.05) is 50.7 Å². The van der Waals surface area contributed by atoms with E-state index in [1.165, 1.54) is 7.05 Å². The molecule has 28 heavy (non-hydrogen) atoms. The maximum atomic E-state index is 13.2. The minimum atomic E-state index is -1.31. The third kappa shape index (κ3) is 4.11. The molecule has 156 valence electrons. The first-order valence-corrected chi connectivity index (χ1v) is 9.03. The fraction of sp³-hybridized carbons (Fsp3) is 0.588. The number of nitro groups is 1. The number of amides is 3. The molecule has 0 aliphatic rings. The molecule has 1 aromatic rings. The van der Waals surface area contributed by atoms with Crippen LogP contribution in [0.3, 0.4) is 0 Å². The van der Waals surface area contributed by atoms with Gasteiger partial charge in [-0.25, -0.2) is 13.9 Å². The zero-order chi connectivity index (χ0) is 22.1. The molecule has 0 aromatic carbocycles. The summed E-state index contributed by atoms with van der Waals surface area (Å²) in [5, 5.41) is 21.4. The first-order chi connectivity index (χ1) is 12.7. The molecule has 10 nitrogen and oxygen atoms in total. The lowest BCUT2D eigenvalue weighted by Gasteiger charge is -2.27. The molecule has 11 heteroatoms. The summed E-state index contributed by atoms with van der Waals surface area (Å²) in [7, 11) is 2.23. The highest BCUT2D eigenvalue weighted by Gasteiger charge is 2.38. The highest BCUT2D eigenvalue weighted by molar-refractivity contribution is 6.28. The molecule has 0 saturated heterocycles. The summed E-state index contributed by atoms with van der Waals surface area (Å²) >= 11 is 5.33. The van der Waals surface area contributed by atoms with Crippen LogP contribution in [-0.4, -0.2) is 45.3 Å². The molecular formula is C17H26ClN5O5. The standard InChI is InChI=1S/C17H26ClN5O5/c1-9(2)21-11(5)12(6)22(10(3)4)14(21)16(25)20(8)17(26)19(7)15(24)13(18)23(27)28/h9-10H,1-8H3/b15-13-. The molecule has 0 unspecified atom stereocenters. The fourth-order valence-corrected chi connectivity index (χ4v) is 3.14. The average Bonchev–Trinajstić information content (AvgIpc) is 2.89. The predicted molar refractivity (Wildman–Crippen MR) is 100.0 cm³/mol. The van der Waals surface area contributed by atoms with Crippen LogP contribution < -0.4 is 9.67 Å². The largest absolute Gasteiger partial charge is 0.855 e. The normalized spacial score (nSPS) is 12.2. The van der Waals surface area contributed by atoms with Crippen LogP contribution in [0.25, 0.3) is 0 Å². The number of hydrogen-bond donors (Lipinski definition) is 0. The lowest BCUT2D eigenvalue weighted by Crippen LogP contribution is -2.51. The molecule has 1 heterocycles. The maximum absolute atomic E-state index is 13.2. The van der Waals surface area contributed by atoms with Crippen molar-refractivity contribution in [2.45, 2.75) is 53.6 Å². The van der Waals surface area contributed by atoms with Crippen molar-refractivity contribution in [3.63, 3.8) is 0 Å². The minimum absolute atomic E-state index is 0.0576. The molecule has 0 atom stereocenters. The molecule has 0 fully saturated rings. The number of carbonyl (C=O) groups excluding carboxylic acids is 2. The Bertz CT molecular complexity index is 812. The second kappa shape index (κ2) is 8.59. The van der Waals surface area contributed by atoms with Crippen LogP contribution in [0.15, 0.2) is 11.0 Å². The second-order valence-corrected chi connectivity index (χ2v) is 7.34. The first-order valence-electron chi connectivity index (χ1n) is 8.65. The van der Waals surface area contributed by atoms with Crippen molar-refractivity contribution < 1.29 is 24.2 Å². The van der Waals surface area contributed by atoms with Crippen molar-refractivity contribution in [2.75, 3.05) is 14.1 Å². The van der Waals surface area contributed by atoms with Crippen molar-refractivity contribution >= 4 is 23.5 Å². The minimum Gasteiger partial charge on any atom is -0.855 e. The Labute approximate surface area is 168 Å². The molecule has 0 radical (unpaired) electrons. The molecule has 0 aliphatic heterocycles. The van der Waals surface area contributed by atoms with E-state index in [9.17, 15) is 24.8 Å². The Balaban J connectivity index is 3.47. The van der Waals surface area contributed by atoms with Crippen molar-refractivity contribution in [3.8, 4) is 0 Å². The van der Waals surface area contributed by atoms with Gasteiger partial charge in [0.1, 0.15) is 11.4 Å². The van der Waals surface area contributed by atoms with E-state index in [-0.39, 0.29) is 17.9 Å². The van der Waals surface area contributed by atoms with Crippen LogP contribution in [0, 0.1) is 24.0 Å². The molecule has 1 rings (SSSR count). The first kappa shape index (κ1) is 23.4. The maximum Gasteiger partial charge on any atom is 0.349 e. The molecule has 3 amide bonds. The van der Waals surface area contributed by atoms with Gasteiger partial charge in [-0.2, -0.15) is 0 Å². The van der Waals surface area contributed by atoms with Gasteiger partial charge in [0.15, 0.2) is 0 Å². The topological polar surface area (TPSA) is 116 Å². The van der Waals surface area contributed by atoms with Crippen LogP contribution in [0.2, 0.25) is 0 Å². The van der Waals surface area contributed by atoms with Crippen molar-refractivity contribution in [1.82, 2.24) is 14.4 Å². The summed E-state index contributed by atoms with van der Waals surface area (Å²) in [6.45, 7) is 11.4. The summed E-state index contributed by atoms with van der Waals surface area (Å²) in [5.41, 5.74) is 1.75. The van der Waals surface area contributed by atoms with E-state index in [0.29, 0.717) is 4.90 Å². The van der Waals surface area contributed by atoms with Gasteiger partial charge in [-0.1, -0.05) is 0 Å². The molecule has 0 bridgehead atoms. The summed E-state index contributed by atoms with van der Waals surface area (Å²) in [6.07, 6.45) is 0. The number of halogens is 1. The Morgan fingerprint density at radius 2 is 1.64 bits per heavy atom. The molecule has 1 aromatic heterocycles. The predicted octanol–water partition coefficient (Wildman–Crippen LogP) is 1.68. The van der Waals surface area contributed by atoms with Crippen LogP contribution in [0.1, 0.15) is 61.8 Å². The van der Waals surface area contributed by atoms with E-state index >= 15 is 0 Å². The highest BCUT2D eigenvalue weighted by atomic mass is 35.5. The van der Waals surface area contributed by atoms with Crippen LogP contribution >= 0.6 is 11.6 Å². The fourth-order valence-electron chi connectivity index (χ4n) is 3.02. The van der Waals surface area contributed by atoms with Crippen LogP contribution in [-0.2, 0) is 0 Å². The Kier molecular flexibility index (Phi) is 7.19. The number of imidazole rings is 1. The Hall–Kier alpha value is -2.62. The van der Waals surface area contributed by atoms with Gasteiger partial charge >= 0.3 is 22.9 Å². The summed E-state index contributed by atoms with van der Waals surface area (Å²) in [4.78, 5) is 36.5. The Morgan fingerprint density at radius 1 is 1.14 bits per heavy atom. The van der Waals surface area contributed by atoms with E-state index in [2.05, 4.69) is 0 Å². The third-order valence-corrected chi connectivity index (χ3v) is 4.75. The monoisotopic (exact) mass is 415 g/mol. The van der Waals surface area contributed by atoms with Gasteiger partial charge in [0.05, 0.1) is 22.9 Å². The number of urea groups is 1. The van der Waals surface area contributed by atoms with Crippen molar-refractivity contribution in [2.24, 2.45) is 0 Å². The van der Waals surface area contributed by atoms with Gasteiger partial charge in [-0.05, 0) is 39.3 Å². The lowest BCUT2D eigenvalue weighted by atomic mass is 10.3. The summed E-state index contributed by atoms with van der Waals surface area (Å²) in [6, 6.07) is -1.15. The van der Waals surface area contributed by atoms with Crippen LogP contribution in [0.4, 0.5) is 4.79 Å². The van der Waals surface area contributed by atoms with Crippen LogP contribution in [0.5, 0.6) is 0 Å². The lowest BCUT2D eigenvalue weighted by molar-refractivity contribution is -0.723. The molecule has 0 N–H and O–H groups in total. The van der Waals surface area contributed by atoms with E-state index < -0.39 is 27.9 Å². The van der Waals surface area contributed by atoms with Gasteiger partial charge in [0, 0.05) is 27.9 Å². The van der Waals surface area contributed by atoms with Gasteiger partial charge < -0.3 is 10.0 Å². The number of rotatable bonds is 5. The Morgan fingerprint density at radius 3 is 2.04 bits per heavy atom. The van der Waals surface area contributed by atoms with Gasteiger partial charge in [0.25, 0.3) is 0 Å². The SMILES string of the molecule is Cc1c(C)[n+](C(C)C)c(C(=O)N(C)C(=O)N(C)/C([O-])=C(\Cl)[N+](=O)[O-])n1C(C)C. The average molecular weight is 416 g/mol. The number of carbonyl (C=O) groups is 2. The number of aromatic nitrogens is 2. The number of hydrogen-bond acceptors (Lipinski definition) is 5. The van der Waals surface area contributed by atoms with Gasteiger partial charge in [-0.3, -0.25) is 19.8 Å². The smallest absolute Gasteiger partial charge is 0.349 e. The molecule has 0 aliphatic carbocycles. The van der Waals surface area contributed by atoms with Crippen molar-refractivity contribution in [1.29, 1.82) is 0 Å². The molecular weight excluding hydrogens is 390 g/mol. The van der Waals surface area contributed by atoms with E-state index in [4.69, 9.17) is 11.6 Å². The zero-order valence-corrected chi connectivity index (χ0v) is 18.1. The van der Waals surface area contributed by atoms with Crippen molar-refractivity contribution in [3.05, 3.63) is 38.4 Å². The number of imide groups is 1. The van der Waals surface area contributed by atoms with E-state index in [0.717, 1.165) is 23.3 Å². The zero-order valence-electron chi connectivity index (χ0n) is 17.3. The summed E-state index contributed by atoms with van der Waals surface area (Å²) < 4.78 is 3.64. The molecule has 0 saturated carbocycles. The highest BCUT2D eigenvalue weighted by Crippen LogP contribution is 2.19. The van der Waals surface area contributed by atoms with Gasteiger partial charge in [-0.15, -0.1) is 0 Å². The van der Waals surface area contributed by atoms with Gasteiger partial charge in [0.2, 0.25) is 0 Å². The summed E-state index contributed by atoms with van der Waals surface area (Å²) in [5.74, 6) is -1.67. The quantitative estimate of drug-likeness (QED) is 0.238. The van der Waals surface area contributed by atoms with E-state index in [1.54, 1.807) is 0 Å². The number of nitrogens with zero attached hydrogens (tertiary/aromatic N) is 5.